The Bertz CT molecular complexity index is 801. The fourth-order valence-electron chi connectivity index (χ4n) is 3.53. The van der Waals surface area contributed by atoms with Gasteiger partial charge in [0, 0.05) is 6.04 Å². The van der Waals surface area contributed by atoms with E-state index in [-0.39, 0.29) is 17.9 Å². The normalized spacial score (nSPS) is 21.0. The molecule has 3 rings (SSSR count). The molecule has 0 aliphatic heterocycles. The fraction of sp³-hybridized carbons (Fsp3) is 0.400. The number of benzene rings is 2. The highest BCUT2D eigenvalue weighted by Gasteiger charge is 2.34. The molecule has 2 aromatic carbocycles. The van der Waals surface area contributed by atoms with Crippen molar-refractivity contribution in [2.45, 2.75) is 38.1 Å². The van der Waals surface area contributed by atoms with Crippen LogP contribution in [0.25, 0.3) is 10.8 Å². The molecule has 0 unspecified atom stereocenters. The predicted molar refractivity (Wildman–Crippen MR) is 95.8 cm³/mol. The van der Waals surface area contributed by atoms with Gasteiger partial charge >= 0.3 is 5.97 Å². The van der Waals surface area contributed by atoms with E-state index >= 15 is 0 Å². The second-order valence-corrected chi connectivity index (χ2v) is 6.68. The molecule has 2 N–H and O–H groups in total. The third-order valence-electron chi connectivity index (χ3n) is 5.13. The number of carboxylic acids is 1. The molecule has 0 bridgehead atoms. The minimum Gasteiger partial charge on any atom is -0.497 e. The lowest BCUT2D eigenvalue weighted by Gasteiger charge is -2.20. The first kappa shape index (κ1) is 17.3. The highest BCUT2D eigenvalue weighted by molar-refractivity contribution is 5.88. The number of hydrogen-bond acceptors (Lipinski definition) is 3. The van der Waals surface area contributed by atoms with Crippen LogP contribution in [0.4, 0.5) is 0 Å². The zero-order valence-corrected chi connectivity index (χ0v) is 14.5. The van der Waals surface area contributed by atoms with E-state index in [2.05, 4.69) is 5.32 Å². The number of methoxy groups -OCH3 is 1. The molecule has 2 aromatic rings. The van der Waals surface area contributed by atoms with Gasteiger partial charge < -0.3 is 15.2 Å². The van der Waals surface area contributed by atoms with Gasteiger partial charge in [0.05, 0.1) is 18.9 Å². The lowest BCUT2D eigenvalue weighted by Crippen LogP contribution is -2.41. The van der Waals surface area contributed by atoms with E-state index in [9.17, 15) is 14.7 Å². The first-order chi connectivity index (χ1) is 12.0. The monoisotopic (exact) mass is 341 g/mol. The third kappa shape index (κ3) is 3.60. The average molecular weight is 341 g/mol. The molecule has 1 aliphatic carbocycles. The van der Waals surface area contributed by atoms with E-state index in [1.165, 1.54) is 0 Å². The number of ether oxygens (including phenoxy) is 1. The number of hydrogen-bond donors (Lipinski definition) is 2. The van der Waals surface area contributed by atoms with Gasteiger partial charge in [-0.1, -0.05) is 30.7 Å². The quantitative estimate of drug-likeness (QED) is 0.875. The molecule has 0 aromatic heterocycles. The number of carboxylic acid groups (broad SMARTS) is 1. The van der Waals surface area contributed by atoms with Gasteiger partial charge in [0.1, 0.15) is 5.75 Å². The Morgan fingerprint density at radius 2 is 1.88 bits per heavy atom. The summed E-state index contributed by atoms with van der Waals surface area (Å²) in [7, 11) is 1.63. The van der Waals surface area contributed by atoms with E-state index in [1.54, 1.807) is 7.11 Å². The minimum atomic E-state index is -0.824. The van der Waals surface area contributed by atoms with Crippen molar-refractivity contribution in [3.63, 3.8) is 0 Å². The summed E-state index contributed by atoms with van der Waals surface area (Å²) in [5, 5.41) is 14.3. The van der Waals surface area contributed by atoms with Gasteiger partial charge in [-0.2, -0.15) is 0 Å². The first-order valence-corrected chi connectivity index (χ1v) is 8.60. The Labute approximate surface area is 147 Å². The SMILES string of the molecule is COc1ccc2cc([C@H](C)C(=O)N[C@@H]3CCC[C@@H]3C(=O)O)ccc2c1. The van der Waals surface area contributed by atoms with Crippen LogP contribution < -0.4 is 10.1 Å². The molecule has 0 radical (unpaired) electrons. The number of rotatable bonds is 5. The van der Waals surface area contributed by atoms with Crippen LogP contribution in [-0.2, 0) is 9.59 Å². The maximum Gasteiger partial charge on any atom is 0.308 e. The van der Waals surface area contributed by atoms with Crippen LogP contribution in [0.2, 0.25) is 0 Å². The second-order valence-electron chi connectivity index (χ2n) is 6.68. The van der Waals surface area contributed by atoms with Crippen LogP contribution in [0.5, 0.6) is 5.75 Å². The molecule has 0 heterocycles. The Morgan fingerprint density at radius 3 is 2.60 bits per heavy atom. The van der Waals surface area contributed by atoms with Crippen LogP contribution >= 0.6 is 0 Å². The van der Waals surface area contributed by atoms with Crippen molar-refractivity contribution >= 4 is 22.6 Å². The van der Waals surface area contributed by atoms with E-state index in [4.69, 9.17) is 4.74 Å². The van der Waals surface area contributed by atoms with E-state index in [0.717, 1.165) is 34.9 Å². The minimum absolute atomic E-state index is 0.119. The Morgan fingerprint density at radius 1 is 1.16 bits per heavy atom. The standard InChI is InChI=1S/C20H23NO4/c1-12(19(22)21-18-5-3-4-17(18)20(23)24)13-6-7-15-11-16(25-2)9-8-14(15)10-13/h6-12,17-18H,3-5H2,1-2H3,(H,21,22)(H,23,24)/t12-,17-,18+/m0/s1. The Balaban J connectivity index is 1.75. The van der Waals surface area contributed by atoms with Crippen molar-refractivity contribution in [2.75, 3.05) is 7.11 Å². The summed E-state index contributed by atoms with van der Waals surface area (Å²) in [5.74, 6) is -0.949. The average Bonchev–Trinajstić information content (AvgIpc) is 3.08. The summed E-state index contributed by atoms with van der Waals surface area (Å²) in [6.07, 6.45) is 2.20. The first-order valence-electron chi connectivity index (χ1n) is 8.60. The van der Waals surface area contributed by atoms with Crippen LogP contribution in [0.15, 0.2) is 36.4 Å². The van der Waals surface area contributed by atoms with Gasteiger partial charge in [0.25, 0.3) is 0 Å². The molecule has 0 saturated heterocycles. The predicted octanol–water partition coefficient (Wildman–Crippen LogP) is 3.32. The van der Waals surface area contributed by atoms with Crippen molar-refractivity contribution in [1.29, 1.82) is 0 Å². The number of carbonyl (C=O) groups is 2. The molecule has 132 valence electrons. The van der Waals surface area contributed by atoms with Gasteiger partial charge in [-0.15, -0.1) is 0 Å². The van der Waals surface area contributed by atoms with Crippen LogP contribution in [-0.4, -0.2) is 30.1 Å². The molecule has 1 amide bonds. The summed E-state index contributed by atoms with van der Waals surface area (Å²) in [4.78, 5) is 23.9. The van der Waals surface area contributed by atoms with Gasteiger partial charge in [-0.3, -0.25) is 9.59 Å². The molecular formula is C20H23NO4. The molecule has 5 nitrogen and oxygen atoms in total. The smallest absolute Gasteiger partial charge is 0.308 e. The third-order valence-corrected chi connectivity index (χ3v) is 5.13. The number of carbonyl (C=O) groups excluding carboxylic acids is 1. The molecule has 1 saturated carbocycles. The molecular weight excluding hydrogens is 318 g/mol. The van der Waals surface area contributed by atoms with Crippen molar-refractivity contribution < 1.29 is 19.4 Å². The zero-order valence-electron chi connectivity index (χ0n) is 14.5. The van der Waals surface area contributed by atoms with Crippen molar-refractivity contribution in [2.24, 2.45) is 5.92 Å². The van der Waals surface area contributed by atoms with E-state index < -0.39 is 11.9 Å². The maximum atomic E-state index is 12.6. The van der Waals surface area contributed by atoms with Crippen molar-refractivity contribution in [3.05, 3.63) is 42.0 Å². The summed E-state index contributed by atoms with van der Waals surface area (Å²) < 4.78 is 5.23. The van der Waals surface area contributed by atoms with E-state index in [0.29, 0.717) is 6.42 Å². The number of aliphatic carboxylic acids is 1. The number of nitrogens with one attached hydrogen (secondary N) is 1. The zero-order chi connectivity index (χ0) is 18.0. The molecule has 0 spiro atoms. The summed E-state index contributed by atoms with van der Waals surface area (Å²) in [5.41, 5.74) is 0.917. The van der Waals surface area contributed by atoms with Crippen molar-refractivity contribution in [3.8, 4) is 5.75 Å². The van der Waals surface area contributed by atoms with Crippen LogP contribution in [0.3, 0.4) is 0 Å². The Kier molecular flexibility index (Phi) is 4.93. The molecule has 5 heteroatoms. The Hall–Kier alpha value is -2.56. The summed E-state index contributed by atoms with van der Waals surface area (Å²) in [6, 6.07) is 11.5. The molecule has 25 heavy (non-hydrogen) atoms. The lowest BCUT2D eigenvalue weighted by atomic mass is 9.96. The molecule has 3 atom stereocenters. The topological polar surface area (TPSA) is 75.6 Å². The van der Waals surface area contributed by atoms with Gasteiger partial charge in [0.15, 0.2) is 0 Å². The van der Waals surface area contributed by atoms with Gasteiger partial charge in [0.2, 0.25) is 5.91 Å². The highest BCUT2D eigenvalue weighted by atomic mass is 16.5. The molecule has 1 fully saturated rings. The highest BCUT2D eigenvalue weighted by Crippen LogP contribution is 2.28. The van der Waals surface area contributed by atoms with Gasteiger partial charge in [-0.25, -0.2) is 0 Å². The summed E-state index contributed by atoms with van der Waals surface area (Å²) in [6.45, 7) is 1.85. The van der Waals surface area contributed by atoms with E-state index in [1.807, 2.05) is 43.3 Å². The largest absolute Gasteiger partial charge is 0.497 e. The van der Waals surface area contributed by atoms with Crippen LogP contribution in [0.1, 0.15) is 37.7 Å². The van der Waals surface area contributed by atoms with Gasteiger partial charge in [-0.05, 0) is 48.2 Å². The maximum absolute atomic E-state index is 12.6. The van der Waals surface area contributed by atoms with Crippen LogP contribution in [0, 0.1) is 5.92 Å². The molecule has 1 aliphatic rings. The van der Waals surface area contributed by atoms with Crippen molar-refractivity contribution in [1.82, 2.24) is 5.32 Å². The second kappa shape index (κ2) is 7.13. The number of fused-ring (bicyclic) bond motifs is 1. The fourth-order valence-corrected chi connectivity index (χ4v) is 3.53. The summed E-state index contributed by atoms with van der Waals surface area (Å²) >= 11 is 0. The number of amides is 1. The lowest BCUT2D eigenvalue weighted by molar-refractivity contribution is -0.142.